The fourth-order valence-corrected chi connectivity index (χ4v) is 2.31. The van der Waals surface area contributed by atoms with Crippen molar-refractivity contribution in [1.82, 2.24) is 5.32 Å². The molecule has 0 aromatic rings. The first-order valence-corrected chi connectivity index (χ1v) is 12.7. The molecular weight excluding hydrogens is 548 g/mol. The number of hydrogen-bond acceptors (Lipinski definition) is 11. The summed E-state index contributed by atoms with van der Waals surface area (Å²) in [6, 6.07) is -3.29. The van der Waals surface area contributed by atoms with Crippen molar-refractivity contribution in [2.45, 2.75) is 89.4 Å². The first kappa shape index (κ1) is 44.4. The topological polar surface area (TPSA) is 379 Å². The zero-order chi connectivity index (χ0) is 33.1. The molecule has 0 aromatic carbocycles. The molecule has 0 saturated heterocycles. The van der Waals surface area contributed by atoms with Crippen LogP contribution in [0.25, 0.3) is 0 Å². The quantitative estimate of drug-likeness (QED) is 0.0483. The Labute approximate surface area is 239 Å². The summed E-state index contributed by atoms with van der Waals surface area (Å²) in [5.41, 5.74) is 30.9. The molecule has 0 radical (unpaired) electrons. The fourth-order valence-electron chi connectivity index (χ4n) is 2.31. The molecule has 0 unspecified atom stereocenters. The third-order valence-corrected chi connectivity index (χ3v) is 4.64. The van der Waals surface area contributed by atoms with Crippen LogP contribution in [0.4, 0.5) is 0 Å². The van der Waals surface area contributed by atoms with Crippen LogP contribution in [-0.2, 0) is 24.0 Å². The summed E-state index contributed by atoms with van der Waals surface area (Å²) in [6.07, 6.45) is 3.47. The lowest BCUT2D eigenvalue weighted by Gasteiger charge is -2.07. The Morgan fingerprint density at radius 3 is 1.37 bits per heavy atom. The highest BCUT2D eigenvalue weighted by molar-refractivity contribution is 5.75. The number of carboxylic acids is 5. The van der Waals surface area contributed by atoms with Gasteiger partial charge >= 0.3 is 29.8 Å². The van der Waals surface area contributed by atoms with E-state index < -0.39 is 54.0 Å². The summed E-state index contributed by atoms with van der Waals surface area (Å²) in [5, 5.41) is 50.6. The minimum Gasteiger partial charge on any atom is -0.481 e. The molecule has 0 saturated carbocycles. The van der Waals surface area contributed by atoms with Gasteiger partial charge in [-0.15, -0.1) is 0 Å². The highest BCUT2D eigenvalue weighted by Gasteiger charge is 2.13. The van der Waals surface area contributed by atoms with Crippen LogP contribution in [0.2, 0.25) is 0 Å². The van der Waals surface area contributed by atoms with Crippen molar-refractivity contribution in [3.05, 3.63) is 0 Å². The van der Waals surface area contributed by atoms with Gasteiger partial charge in [0.15, 0.2) is 5.96 Å². The smallest absolute Gasteiger partial charge is 0.320 e. The molecule has 0 aliphatic carbocycles. The Bertz CT molecular complexity index is 771. The second kappa shape index (κ2) is 28.0. The maximum absolute atomic E-state index is 10.2. The van der Waals surface area contributed by atoms with Crippen LogP contribution < -0.4 is 39.7 Å². The third-order valence-electron chi connectivity index (χ3n) is 4.64. The zero-order valence-corrected chi connectivity index (χ0v) is 23.7. The lowest BCUT2D eigenvalue weighted by molar-refractivity contribution is -0.141. The normalized spacial score (nSPS) is 12.8. The van der Waals surface area contributed by atoms with Crippen LogP contribution in [0, 0.1) is 11.3 Å². The number of guanidine groups is 1. The van der Waals surface area contributed by atoms with Gasteiger partial charge in [-0.1, -0.05) is 20.3 Å². The third kappa shape index (κ3) is 38.6. The van der Waals surface area contributed by atoms with Gasteiger partial charge in [0.2, 0.25) is 0 Å². The van der Waals surface area contributed by atoms with Gasteiger partial charge in [-0.05, 0) is 51.0 Å². The van der Waals surface area contributed by atoms with E-state index in [9.17, 15) is 24.0 Å². The number of nitrogens with two attached hydrogens (primary N) is 6. The van der Waals surface area contributed by atoms with Crippen LogP contribution >= 0.6 is 0 Å². The number of hydrogen-bond donors (Lipinski definition) is 13. The average molecular weight is 599 g/mol. The summed E-state index contributed by atoms with van der Waals surface area (Å²) in [4.78, 5) is 50.3. The molecule has 0 rings (SSSR count). The van der Waals surface area contributed by atoms with E-state index in [1.807, 2.05) is 13.8 Å². The number of carboxylic acid groups (broad SMARTS) is 5. The number of carbonyl (C=O) groups is 5. The minimum atomic E-state index is -1.17. The molecule has 0 bridgehead atoms. The molecule has 242 valence electrons. The number of nitrogens with one attached hydrogen (secondary N) is 2. The summed E-state index contributed by atoms with van der Waals surface area (Å²) in [6.45, 7) is 4.98. The van der Waals surface area contributed by atoms with Gasteiger partial charge in [0.1, 0.15) is 24.2 Å². The summed E-state index contributed by atoms with van der Waals surface area (Å²) >= 11 is 0. The lowest BCUT2D eigenvalue weighted by Crippen LogP contribution is -2.34. The van der Waals surface area contributed by atoms with Crippen molar-refractivity contribution >= 4 is 35.8 Å². The van der Waals surface area contributed by atoms with E-state index in [1.54, 1.807) is 0 Å². The predicted molar refractivity (Wildman–Crippen MR) is 151 cm³/mol. The average Bonchev–Trinajstić information content (AvgIpc) is 2.85. The molecule has 0 spiro atoms. The van der Waals surface area contributed by atoms with Gasteiger partial charge in [-0.25, -0.2) is 0 Å². The van der Waals surface area contributed by atoms with Gasteiger partial charge in [0.05, 0.1) is 0 Å². The standard InChI is InChI=1S/C6H14N4O2.C6H14N2O2.C6H13NO2.C5H9NO4/c7-4(5(11)12)2-1-3-10-6(8)9;7-4-2-1-3-5(8)6(9)10;1-4(2)3-5(7)6(8)9;6-3(5(9)10)1-2-4(7)8/h4H,1-3,7H2,(H,11,12)(H4,8,9,10);5H,1-4,7-8H2,(H,9,10);4-5H,3,7H2,1-2H3,(H,8,9);3H,1-2,6H2,(H,7,8)(H,9,10)/t4-;2*5-;3-/m0000/s1. The number of aliphatic carboxylic acids is 5. The van der Waals surface area contributed by atoms with Gasteiger partial charge in [0.25, 0.3) is 0 Å². The second-order valence-electron chi connectivity index (χ2n) is 9.11. The molecule has 18 heteroatoms. The summed E-state index contributed by atoms with van der Waals surface area (Å²) < 4.78 is 0. The van der Waals surface area contributed by atoms with Crippen LogP contribution in [0.15, 0.2) is 0 Å². The van der Waals surface area contributed by atoms with E-state index in [0.717, 1.165) is 12.8 Å². The van der Waals surface area contributed by atoms with E-state index in [4.69, 9.17) is 65.3 Å². The maximum atomic E-state index is 10.2. The summed E-state index contributed by atoms with van der Waals surface area (Å²) in [5.74, 6) is -4.80. The molecule has 18 nitrogen and oxygen atoms in total. The van der Waals surface area contributed by atoms with Crippen molar-refractivity contribution < 1.29 is 49.5 Å². The van der Waals surface area contributed by atoms with Crippen molar-refractivity contribution in [3.63, 3.8) is 0 Å². The lowest BCUT2D eigenvalue weighted by atomic mass is 10.1. The van der Waals surface area contributed by atoms with Crippen LogP contribution in [0.3, 0.4) is 0 Å². The monoisotopic (exact) mass is 598 g/mol. The summed E-state index contributed by atoms with van der Waals surface area (Å²) in [7, 11) is 0. The van der Waals surface area contributed by atoms with Gasteiger partial charge < -0.3 is 65.3 Å². The Balaban J connectivity index is -0.000000224. The Hall–Kier alpha value is -3.58. The van der Waals surface area contributed by atoms with Crippen molar-refractivity contribution in [2.24, 2.45) is 40.3 Å². The van der Waals surface area contributed by atoms with E-state index >= 15 is 0 Å². The van der Waals surface area contributed by atoms with E-state index in [-0.39, 0.29) is 18.8 Å². The van der Waals surface area contributed by atoms with Crippen molar-refractivity contribution in [3.8, 4) is 0 Å². The predicted octanol–water partition coefficient (Wildman–Crippen LogP) is -2.10. The van der Waals surface area contributed by atoms with Crippen LogP contribution in [0.5, 0.6) is 0 Å². The SMILES string of the molecule is CC(C)C[C@H](N)C(=O)O.N=C(N)NCCC[C@H](N)C(=O)O.NCCCC[C@H](N)C(=O)O.N[C@@H](CCC(=O)O)C(=O)O. The van der Waals surface area contributed by atoms with Crippen LogP contribution in [-0.4, -0.2) is 98.6 Å². The van der Waals surface area contributed by atoms with Gasteiger partial charge in [-0.2, -0.15) is 0 Å². The Kier molecular flexibility index (Phi) is 30.3. The fraction of sp³-hybridized carbons (Fsp3) is 0.739. The van der Waals surface area contributed by atoms with E-state index in [0.29, 0.717) is 44.7 Å². The molecule has 41 heavy (non-hydrogen) atoms. The van der Waals surface area contributed by atoms with Gasteiger partial charge in [0, 0.05) is 13.0 Å². The van der Waals surface area contributed by atoms with Crippen LogP contribution in [0.1, 0.15) is 65.2 Å². The Morgan fingerprint density at radius 2 is 1.07 bits per heavy atom. The highest BCUT2D eigenvalue weighted by Crippen LogP contribution is 2.01. The Morgan fingerprint density at radius 1 is 0.683 bits per heavy atom. The molecular formula is C23H50N8O10. The minimum absolute atomic E-state index is 0.0231. The molecule has 0 aromatic heterocycles. The largest absolute Gasteiger partial charge is 0.481 e. The van der Waals surface area contributed by atoms with Crippen molar-refractivity contribution in [1.29, 1.82) is 5.41 Å². The first-order chi connectivity index (χ1) is 18.8. The number of rotatable bonds is 17. The molecule has 4 atom stereocenters. The first-order valence-electron chi connectivity index (χ1n) is 12.7. The molecule has 0 aliphatic heterocycles. The number of unbranched alkanes of at least 4 members (excludes halogenated alkanes) is 1. The second-order valence-corrected chi connectivity index (χ2v) is 9.11. The molecule has 0 amide bonds. The zero-order valence-electron chi connectivity index (χ0n) is 23.7. The maximum Gasteiger partial charge on any atom is 0.320 e. The molecule has 0 aliphatic rings. The highest BCUT2D eigenvalue weighted by atomic mass is 16.4. The van der Waals surface area contributed by atoms with E-state index in [1.165, 1.54) is 0 Å². The molecule has 0 heterocycles. The van der Waals surface area contributed by atoms with Crippen molar-refractivity contribution in [2.75, 3.05) is 13.1 Å². The molecule has 19 N–H and O–H groups in total. The van der Waals surface area contributed by atoms with Gasteiger partial charge in [-0.3, -0.25) is 29.4 Å². The molecule has 0 fully saturated rings. The van der Waals surface area contributed by atoms with E-state index in [2.05, 4.69) is 5.32 Å².